The Morgan fingerprint density at radius 1 is 1.19 bits per heavy atom. The van der Waals surface area contributed by atoms with Crippen LogP contribution < -0.4 is 20.1 Å². The second-order valence-electron chi connectivity index (χ2n) is 8.71. The van der Waals surface area contributed by atoms with E-state index in [2.05, 4.69) is 17.6 Å². The van der Waals surface area contributed by atoms with Crippen LogP contribution in [0.3, 0.4) is 0 Å². The molecule has 168 valence electrons. The van der Waals surface area contributed by atoms with Gasteiger partial charge >= 0.3 is 0 Å². The third kappa shape index (κ3) is 4.12. The highest BCUT2D eigenvalue weighted by Gasteiger charge is 2.46. The molecule has 1 aliphatic carbocycles. The number of rotatable bonds is 5. The lowest BCUT2D eigenvalue weighted by atomic mass is 9.83. The van der Waals surface area contributed by atoms with Gasteiger partial charge in [0.1, 0.15) is 12.8 Å². The van der Waals surface area contributed by atoms with Gasteiger partial charge in [-0.15, -0.1) is 11.8 Å². The van der Waals surface area contributed by atoms with Crippen molar-refractivity contribution in [3.05, 3.63) is 69.1 Å². The standard InChI is InChI=1S/C25H27ClN2O3S/c1-14-7-9-17-21(11-14)32-25-22(17)24(29)27-23(28-25)15-8-10-19(20(12-15)30-2)31-13-16-5-3-4-6-18(16)26/h3-6,8,10,12,14,22-23,25,28H,7,9,11,13H2,1-2H3,(H,27,29). The van der Waals surface area contributed by atoms with Crippen molar-refractivity contribution in [1.82, 2.24) is 10.6 Å². The number of allylic oxidation sites excluding steroid dienone is 1. The summed E-state index contributed by atoms with van der Waals surface area (Å²) in [5.74, 6) is 2.01. The lowest BCUT2D eigenvalue weighted by Crippen LogP contribution is -2.54. The normalized spacial score (nSPS) is 26.9. The first-order chi connectivity index (χ1) is 15.5. The maximum atomic E-state index is 13.0. The van der Waals surface area contributed by atoms with Crippen molar-refractivity contribution in [2.45, 2.75) is 44.3 Å². The first-order valence-electron chi connectivity index (χ1n) is 11.0. The maximum absolute atomic E-state index is 13.0. The predicted octanol–water partition coefficient (Wildman–Crippen LogP) is 5.41. The fourth-order valence-corrected chi connectivity index (χ4v) is 6.63. The third-order valence-electron chi connectivity index (χ3n) is 6.51. The van der Waals surface area contributed by atoms with Crippen molar-refractivity contribution >= 4 is 29.3 Å². The zero-order valence-corrected chi connectivity index (χ0v) is 19.8. The molecular weight excluding hydrogens is 444 g/mol. The van der Waals surface area contributed by atoms with Crippen molar-refractivity contribution in [3.63, 3.8) is 0 Å². The highest BCUT2D eigenvalue weighted by molar-refractivity contribution is 8.04. The summed E-state index contributed by atoms with van der Waals surface area (Å²) in [5, 5.41) is 7.58. The molecule has 0 spiro atoms. The van der Waals surface area contributed by atoms with Crippen molar-refractivity contribution in [2.75, 3.05) is 7.11 Å². The number of amides is 1. The molecule has 2 heterocycles. The Kier molecular flexibility index (Phi) is 6.10. The molecule has 2 aromatic carbocycles. The van der Waals surface area contributed by atoms with Crippen LogP contribution in [-0.2, 0) is 11.4 Å². The van der Waals surface area contributed by atoms with E-state index in [4.69, 9.17) is 21.1 Å². The van der Waals surface area contributed by atoms with Crippen molar-refractivity contribution in [3.8, 4) is 11.5 Å². The number of hydrogen-bond acceptors (Lipinski definition) is 5. The van der Waals surface area contributed by atoms with Crippen molar-refractivity contribution in [1.29, 1.82) is 0 Å². The minimum atomic E-state index is -0.262. The monoisotopic (exact) mass is 470 g/mol. The quantitative estimate of drug-likeness (QED) is 0.612. The van der Waals surface area contributed by atoms with Gasteiger partial charge in [-0.1, -0.05) is 42.8 Å². The lowest BCUT2D eigenvalue weighted by molar-refractivity contribution is -0.127. The van der Waals surface area contributed by atoms with Crippen LogP contribution in [0.1, 0.15) is 43.5 Å². The molecule has 1 fully saturated rings. The summed E-state index contributed by atoms with van der Waals surface area (Å²) < 4.78 is 11.6. The highest BCUT2D eigenvalue weighted by Crippen LogP contribution is 2.51. The molecule has 4 atom stereocenters. The number of fused-ring (bicyclic) bond motifs is 2. The van der Waals surface area contributed by atoms with Crippen LogP contribution in [0.2, 0.25) is 5.02 Å². The van der Waals surface area contributed by atoms with Crippen LogP contribution >= 0.6 is 23.4 Å². The molecule has 3 aliphatic rings. The minimum Gasteiger partial charge on any atom is -0.493 e. The zero-order valence-electron chi connectivity index (χ0n) is 18.2. The topological polar surface area (TPSA) is 59.6 Å². The summed E-state index contributed by atoms with van der Waals surface area (Å²) in [4.78, 5) is 14.5. The molecule has 0 radical (unpaired) electrons. The molecule has 7 heteroatoms. The van der Waals surface area contributed by atoms with Crippen LogP contribution in [0.4, 0.5) is 0 Å². The molecule has 4 unspecified atom stereocenters. The average molecular weight is 471 g/mol. The van der Waals surface area contributed by atoms with Crippen LogP contribution in [0, 0.1) is 11.8 Å². The average Bonchev–Trinajstić information content (AvgIpc) is 3.16. The van der Waals surface area contributed by atoms with Crippen LogP contribution in [-0.4, -0.2) is 18.4 Å². The second kappa shape index (κ2) is 9.00. The van der Waals surface area contributed by atoms with Gasteiger partial charge in [0.15, 0.2) is 11.5 Å². The Morgan fingerprint density at radius 2 is 2.03 bits per heavy atom. The number of methoxy groups -OCH3 is 1. The van der Waals surface area contributed by atoms with Gasteiger partial charge in [-0.25, -0.2) is 0 Å². The maximum Gasteiger partial charge on any atom is 0.231 e. The first-order valence-corrected chi connectivity index (χ1v) is 12.3. The van der Waals surface area contributed by atoms with E-state index >= 15 is 0 Å². The summed E-state index contributed by atoms with van der Waals surface area (Å²) in [6.07, 6.45) is 3.04. The number of benzene rings is 2. The Morgan fingerprint density at radius 3 is 2.84 bits per heavy atom. The molecular formula is C25H27ClN2O3S. The number of hydrogen-bond donors (Lipinski definition) is 2. The third-order valence-corrected chi connectivity index (χ3v) is 8.25. The van der Waals surface area contributed by atoms with E-state index in [0.29, 0.717) is 29.0 Å². The molecule has 2 aliphatic heterocycles. The van der Waals surface area contributed by atoms with Crippen LogP contribution in [0.5, 0.6) is 11.5 Å². The molecule has 0 saturated carbocycles. The van der Waals surface area contributed by atoms with E-state index in [9.17, 15) is 4.79 Å². The Balaban J connectivity index is 1.31. The van der Waals surface area contributed by atoms with Gasteiger partial charge < -0.3 is 14.8 Å². The molecule has 2 aromatic rings. The number of halogens is 1. The summed E-state index contributed by atoms with van der Waals surface area (Å²) in [5.41, 5.74) is 3.21. The van der Waals surface area contributed by atoms with E-state index in [1.54, 1.807) is 7.11 Å². The number of carbonyl (C=O) groups excluding carboxylic acids is 1. The van der Waals surface area contributed by atoms with Gasteiger partial charge in [0.2, 0.25) is 5.91 Å². The van der Waals surface area contributed by atoms with Gasteiger partial charge in [0.25, 0.3) is 0 Å². The number of ether oxygens (including phenoxy) is 2. The van der Waals surface area contributed by atoms with Crippen LogP contribution in [0.25, 0.3) is 0 Å². The van der Waals surface area contributed by atoms with Gasteiger partial charge in [-0.2, -0.15) is 0 Å². The van der Waals surface area contributed by atoms with Gasteiger partial charge in [0.05, 0.1) is 18.4 Å². The fourth-order valence-electron chi connectivity index (χ4n) is 4.75. The van der Waals surface area contributed by atoms with Crippen molar-refractivity contribution in [2.24, 2.45) is 11.8 Å². The molecule has 1 amide bonds. The summed E-state index contributed by atoms with van der Waals surface area (Å²) >= 11 is 8.08. The Hall–Kier alpha value is -2.15. The lowest BCUT2D eigenvalue weighted by Gasteiger charge is -2.35. The number of carbonyl (C=O) groups is 1. The van der Waals surface area contributed by atoms with E-state index in [0.717, 1.165) is 24.0 Å². The van der Waals surface area contributed by atoms with Gasteiger partial charge in [-0.05, 0) is 59.4 Å². The van der Waals surface area contributed by atoms with E-state index in [1.165, 1.54) is 16.9 Å². The fraction of sp³-hybridized carbons (Fsp3) is 0.400. The largest absolute Gasteiger partial charge is 0.493 e. The number of thioether (sulfide) groups is 1. The SMILES string of the molecule is COc1cc(C2NC(=O)C3C4=C(CC(C)CC4)SC3N2)ccc1OCc1ccccc1Cl. The Labute approximate surface area is 197 Å². The van der Waals surface area contributed by atoms with Gasteiger partial charge in [-0.3, -0.25) is 10.1 Å². The molecule has 32 heavy (non-hydrogen) atoms. The minimum absolute atomic E-state index is 0.0566. The van der Waals surface area contributed by atoms with E-state index in [1.807, 2.05) is 54.2 Å². The highest BCUT2D eigenvalue weighted by atomic mass is 35.5. The number of nitrogens with one attached hydrogen (secondary N) is 2. The molecule has 1 saturated heterocycles. The molecule has 0 aromatic heterocycles. The van der Waals surface area contributed by atoms with E-state index < -0.39 is 0 Å². The molecule has 5 nitrogen and oxygen atoms in total. The van der Waals surface area contributed by atoms with E-state index in [-0.39, 0.29) is 23.4 Å². The Bertz CT molecular complexity index is 1070. The predicted molar refractivity (Wildman–Crippen MR) is 128 cm³/mol. The van der Waals surface area contributed by atoms with Gasteiger partial charge in [0, 0.05) is 10.6 Å². The zero-order chi connectivity index (χ0) is 22.2. The molecule has 0 bridgehead atoms. The summed E-state index contributed by atoms with van der Waals surface area (Å²) in [6, 6.07) is 13.4. The summed E-state index contributed by atoms with van der Waals surface area (Å²) in [7, 11) is 1.62. The second-order valence-corrected chi connectivity index (χ2v) is 10.4. The van der Waals surface area contributed by atoms with Crippen LogP contribution in [0.15, 0.2) is 52.9 Å². The summed E-state index contributed by atoms with van der Waals surface area (Å²) in [6.45, 7) is 2.65. The smallest absolute Gasteiger partial charge is 0.231 e. The molecule has 2 N–H and O–H groups in total. The van der Waals surface area contributed by atoms with Crippen molar-refractivity contribution < 1.29 is 14.3 Å². The first kappa shape index (κ1) is 21.7. The molecule has 5 rings (SSSR count).